The summed E-state index contributed by atoms with van der Waals surface area (Å²) in [6, 6.07) is 17.5. The van der Waals surface area contributed by atoms with Gasteiger partial charge in [-0.3, -0.25) is 4.79 Å². The van der Waals surface area contributed by atoms with Crippen molar-refractivity contribution in [1.82, 2.24) is 5.32 Å². The van der Waals surface area contributed by atoms with Crippen molar-refractivity contribution in [3.05, 3.63) is 60.2 Å². The van der Waals surface area contributed by atoms with Gasteiger partial charge in [0.25, 0.3) is 0 Å². The van der Waals surface area contributed by atoms with Crippen LogP contribution in [0.25, 0.3) is 0 Å². The molecular formula is C17H18ClNO2. The maximum atomic E-state index is 11.3. The Morgan fingerprint density at radius 2 is 1.71 bits per heavy atom. The molecule has 1 N–H and O–H groups in total. The molecule has 0 aromatic heterocycles. The highest BCUT2D eigenvalue weighted by Crippen LogP contribution is 2.21. The van der Waals surface area contributed by atoms with Gasteiger partial charge in [0.05, 0.1) is 0 Å². The fourth-order valence-corrected chi connectivity index (χ4v) is 1.90. The molecule has 0 bridgehead atoms. The number of para-hydroxylation sites is 1. The highest BCUT2D eigenvalue weighted by molar-refractivity contribution is 6.30. The number of amides is 1. The van der Waals surface area contributed by atoms with Gasteiger partial charge in [0.1, 0.15) is 16.9 Å². The van der Waals surface area contributed by atoms with E-state index in [0.717, 1.165) is 23.5 Å². The van der Waals surface area contributed by atoms with Crippen molar-refractivity contribution in [2.75, 3.05) is 6.54 Å². The molecule has 2 aromatic rings. The van der Waals surface area contributed by atoms with Gasteiger partial charge in [0.15, 0.2) is 0 Å². The van der Waals surface area contributed by atoms with E-state index in [4.69, 9.17) is 16.3 Å². The van der Waals surface area contributed by atoms with Crippen LogP contribution in [-0.2, 0) is 11.2 Å². The lowest BCUT2D eigenvalue weighted by atomic mass is 10.1. The molecule has 110 valence electrons. The molecule has 0 aliphatic rings. The molecule has 4 heteroatoms. The van der Waals surface area contributed by atoms with E-state index in [9.17, 15) is 4.79 Å². The summed E-state index contributed by atoms with van der Waals surface area (Å²) >= 11 is 5.68. The van der Waals surface area contributed by atoms with Crippen molar-refractivity contribution < 1.29 is 9.53 Å². The first-order valence-corrected chi connectivity index (χ1v) is 7.32. The van der Waals surface area contributed by atoms with E-state index in [1.807, 2.05) is 54.6 Å². The number of ether oxygens (including phenoxy) is 1. The lowest BCUT2D eigenvalue weighted by molar-refractivity contribution is -0.120. The maximum Gasteiger partial charge on any atom is 0.237 e. The summed E-state index contributed by atoms with van der Waals surface area (Å²) in [5, 5.41) is 2.29. The van der Waals surface area contributed by atoms with Crippen molar-refractivity contribution in [2.45, 2.75) is 18.7 Å². The first-order chi connectivity index (χ1) is 10.1. The maximum absolute atomic E-state index is 11.3. The zero-order valence-corrected chi connectivity index (χ0v) is 12.6. The number of alkyl halides is 1. The first kappa shape index (κ1) is 15.4. The molecule has 0 radical (unpaired) electrons. The van der Waals surface area contributed by atoms with Crippen molar-refractivity contribution in [2.24, 2.45) is 0 Å². The Hall–Kier alpha value is -2.00. The van der Waals surface area contributed by atoms with Gasteiger partial charge in [0, 0.05) is 6.54 Å². The molecule has 21 heavy (non-hydrogen) atoms. The average Bonchev–Trinajstić information content (AvgIpc) is 2.50. The lowest BCUT2D eigenvalue weighted by Crippen LogP contribution is -2.31. The van der Waals surface area contributed by atoms with Gasteiger partial charge in [0.2, 0.25) is 5.91 Å². The zero-order chi connectivity index (χ0) is 15.1. The molecule has 0 spiro atoms. The smallest absolute Gasteiger partial charge is 0.237 e. The largest absolute Gasteiger partial charge is 0.457 e. The average molecular weight is 304 g/mol. The van der Waals surface area contributed by atoms with E-state index < -0.39 is 5.38 Å². The number of carbonyl (C=O) groups is 1. The zero-order valence-electron chi connectivity index (χ0n) is 11.9. The topological polar surface area (TPSA) is 38.3 Å². The van der Waals surface area contributed by atoms with Crippen LogP contribution in [0.3, 0.4) is 0 Å². The summed E-state index contributed by atoms with van der Waals surface area (Å²) in [6.45, 7) is 2.24. The van der Waals surface area contributed by atoms with Crippen molar-refractivity contribution in [3.63, 3.8) is 0 Å². The Labute approximate surface area is 129 Å². The van der Waals surface area contributed by atoms with Gasteiger partial charge < -0.3 is 10.1 Å². The molecule has 1 amide bonds. The lowest BCUT2D eigenvalue weighted by Gasteiger charge is -2.08. The minimum atomic E-state index is -0.494. The van der Waals surface area contributed by atoms with Gasteiger partial charge >= 0.3 is 0 Å². The highest BCUT2D eigenvalue weighted by Gasteiger charge is 2.07. The number of benzene rings is 2. The Kier molecular flexibility index (Phi) is 5.64. The van der Waals surface area contributed by atoms with Crippen LogP contribution in [0.1, 0.15) is 12.5 Å². The summed E-state index contributed by atoms with van der Waals surface area (Å²) in [6.07, 6.45) is 0.765. The molecular weight excluding hydrogens is 286 g/mol. The van der Waals surface area contributed by atoms with Crippen LogP contribution in [0.5, 0.6) is 11.5 Å². The van der Waals surface area contributed by atoms with E-state index in [0.29, 0.717) is 6.54 Å². The van der Waals surface area contributed by atoms with Crippen molar-refractivity contribution in [3.8, 4) is 11.5 Å². The summed E-state index contributed by atoms with van der Waals surface area (Å²) in [4.78, 5) is 11.3. The monoisotopic (exact) mass is 303 g/mol. The predicted molar refractivity (Wildman–Crippen MR) is 85.0 cm³/mol. The SMILES string of the molecule is CC(Cl)C(=O)NCCc1ccc(Oc2ccccc2)cc1. The Morgan fingerprint density at radius 1 is 1.10 bits per heavy atom. The Balaban J connectivity index is 1.83. The summed E-state index contributed by atoms with van der Waals surface area (Å²) in [7, 11) is 0. The standard InChI is InChI=1S/C17H18ClNO2/c1-13(18)17(20)19-12-11-14-7-9-16(10-8-14)21-15-5-3-2-4-6-15/h2-10,13H,11-12H2,1H3,(H,19,20). The number of hydrogen-bond acceptors (Lipinski definition) is 2. The van der Waals surface area contributed by atoms with Crippen LogP contribution >= 0.6 is 11.6 Å². The second kappa shape index (κ2) is 7.70. The second-order valence-corrected chi connectivity index (χ2v) is 5.37. The van der Waals surface area contributed by atoms with Crippen LogP contribution in [0.15, 0.2) is 54.6 Å². The van der Waals surface area contributed by atoms with E-state index in [1.165, 1.54) is 0 Å². The van der Waals surface area contributed by atoms with Crippen LogP contribution in [0, 0.1) is 0 Å². The van der Waals surface area contributed by atoms with E-state index in [1.54, 1.807) is 6.92 Å². The quantitative estimate of drug-likeness (QED) is 0.825. The van der Waals surface area contributed by atoms with E-state index >= 15 is 0 Å². The summed E-state index contributed by atoms with van der Waals surface area (Å²) in [5.74, 6) is 1.47. The molecule has 0 aliphatic carbocycles. The van der Waals surface area contributed by atoms with Crippen molar-refractivity contribution >= 4 is 17.5 Å². The molecule has 0 saturated heterocycles. The molecule has 1 atom stereocenters. The Bertz CT molecular complexity index is 567. The molecule has 0 saturated carbocycles. The summed E-state index contributed by atoms with van der Waals surface area (Å²) < 4.78 is 5.72. The number of hydrogen-bond donors (Lipinski definition) is 1. The molecule has 3 nitrogen and oxygen atoms in total. The molecule has 0 fully saturated rings. The van der Waals surface area contributed by atoms with E-state index in [-0.39, 0.29) is 5.91 Å². The number of rotatable bonds is 6. The van der Waals surface area contributed by atoms with Gasteiger partial charge in [-0.15, -0.1) is 11.6 Å². The van der Waals surface area contributed by atoms with Crippen molar-refractivity contribution in [1.29, 1.82) is 0 Å². The van der Waals surface area contributed by atoms with Gasteiger partial charge in [-0.05, 0) is 43.2 Å². The number of carbonyl (C=O) groups excluding carboxylic acids is 1. The molecule has 2 aromatic carbocycles. The van der Waals surface area contributed by atoms with Crippen LogP contribution in [-0.4, -0.2) is 17.8 Å². The van der Waals surface area contributed by atoms with Gasteiger partial charge in [-0.25, -0.2) is 0 Å². The third-order valence-corrected chi connectivity index (χ3v) is 3.17. The minimum absolute atomic E-state index is 0.138. The Morgan fingerprint density at radius 3 is 2.33 bits per heavy atom. The van der Waals surface area contributed by atoms with Gasteiger partial charge in [-0.1, -0.05) is 30.3 Å². The number of halogens is 1. The highest BCUT2D eigenvalue weighted by atomic mass is 35.5. The normalized spacial score (nSPS) is 11.7. The van der Waals surface area contributed by atoms with Gasteiger partial charge in [-0.2, -0.15) is 0 Å². The number of nitrogens with one attached hydrogen (secondary N) is 1. The fourth-order valence-electron chi connectivity index (χ4n) is 1.82. The molecule has 2 rings (SSSR count). The molecule has 0 aliphatic heterocycles. The second-order valence-electron chi connectivity index (χ2n) is 4.72. The first-order valence-electron chi connectivity index (χ1n) is 6.89. The van der Waals surface area contributed by atoms with Crippen LogP contribution in [0.4, 0.5) is 0 Å². The third-order valence-electron chi connectivity index (χ3n) is 2.98. The summed E-state index contributed by atoms with van der Waals surface area (Å²) in [5.41, 5.74) is 1.14. The fraction of sp³-hybridized carbons (Fsp3) is 0.235. The van der Waals surface area contributed by atoms with Crippen LogP contribution in [0.2, 0.25) is 0 Å². The molecule has 1 unspecified atom stereocenters. The van der Waals surface area contributed by atoms with E-state index in [2.05, 4.69) is 5.32 Å². The third kappa shape index (κ3) is 5.12. The minimum Gasteiger partial charge on any atom is -0.457 e. The predicted octanol–water partition coefficient (Wildman–Crippen LogP) is 3.76. The van der Waals surface area contributed by atoms with Crippen LogP contribution < -0.4 is 10.1 Å². The molecule has 0 heterocycles.